The number of unbranched alkanes of at least 4 members (excludes halogenated alkanes) is 15. The van der Waals surface area contributed by atoms with Crippen molar-refractivity contribution in [3.63, 3.8) is 0 Å². The van der Waals surface area contributed by atoms with Crippen molar-refractivity contribution in [2.45, 2.75) is 253 Å². The third kappa shape index (κ3) is 34.6. The minimum atomic E-state index is 0.219. The summed E-state index contributed by atoms with van der Waals surface area (Å²) in [5, 5.41) is 28.7. The number of aryl methyl sites for hydroxylation is 9. The summed E-state index contributed by atoms with van der Waals surface area (Å²) in [7, 11) is 0. The second kappa shape index (κ2) is 47.8. The molecule has 0 aliphatic carbocycles. The summed E-state index contributed by atoms with van der Waals surface area (Å²) < 4.78 is 3.22. The molecule has 0 radical (unpaired) electrons. The van der Waals surface area contributed by atoms with Crippen LogP contribution in [0.4, 0.5) is 0 Å². The molecule has 3 nitrogen and oxygen atoms in total. The van der Waals surface area contributed by atoms with Crippen LogP contribution in [0.25, 0.3) is 0 Å². The highest BCUT2D eigenvalue weighted by molar-refractivity contribution is 9.11. The van der Waals surface area contributed by atoms with Crippen molar-refractivity contribution in [3.8, 4) is 0 Å². The van der Waals surface area contributed by atoms with E-state index in [9.17, 15) is 0 Å². The molecule has 4 aromatic carbocycles. The average molecular weight is 1260 g/mol. The number of rotatable bonds is 36. The van der Waals surface area contributed by atoms with Crippen LogP contribution in [0, 0.1) is 0 Å². The van der Waals surface area contributed by atoms with Gasteiger partial charge in [-0.25, -0.2) is 0 Å². The molecule has 0 heterocycles. The second-order valence-corrected chi connectivity index (χ2v) is 24.0. The van der Waals surface area contributed by atoms with Crippen molar-refractivity contribution >= 4 is 71.0 Å². The van der Waals surface area contributed by atoms with Gasteiger partial charge in [-0.2, -0.15) is 0 Å². The van der Waals surface area contributed by atoms with Gasteiger partial charge >= 0.3 is 0 Å². The molecule has 0 unspecified atom stereocenters. The lowest BCUT2D eigenvalue weighted by Crippen LogP contribution is -1.99. The number of hydrogen-bond donors (Lipinski definition) is 3. The van der Waals surface area contributed by atoms with Crippen molar-refractivity contribution in [2.24, 2.45) is 0 Å². The zero-order chi connectivity index (χ0) is 54.6. The van der Waals surface area contributed by atoms with Crippen LogP contribution in [0.15, 0.2) is 74.1 Å². The average Bonchev–Trinajstić information content (AvgIpc) is 3.37. The van der Waals surface area contributed by atoms with E-state index in [-0.39, 0.29) is 19.8 Å². The Balaban J connectivity index is 0.000000511. The Hall–Kier alpha value is -1.22. The first-order valence-corrected chi connectivity index (χ1v) is 32.7. The van der Waals surface area contributed by atoms with Crippen LogP contribution in [0.3, 0.4) is 0 Å². The molecule has 420 valence electrons. The van der Waals surface area contributed by atoms with E-state index in [1.807, 2.05) is 18.2 Å². The lowest BCUT2D eigenvalue weighted by Gasteiger charge is -2.13. The van der Waals surface area contributed by atoms with Crippen LogP contribution in [-0.4, -0.2) is 35.1 Å². The fourth-order valence-corrected chi connectivity index (χ4v) is 12.2. The Morgan fingerprint density at radius 2 is 0.459 bits per heavy atom. The van der Waals surface area contributed by atoms with Crippen molar-refractivity contribution in [1.82, 2.24) is 0 Å². The maximum absolute atomic E-state index is 8.93. The first-order valence-electron chi connectivity index (χ1n) is 29.6. The first-order chi connectivity index (χ1) is 35.9. The molecule has 0 fully saturated rings. The van der Waals surface area contributed by atoms with Gasteiger partial charge in [0.15, 0.2) is 0 Å². The van der Waals surface area contributed by atoms with Gasteiger partial charge in [-0.15, -0.1) is 0 Å². The first kappa shape index (κ1) is 70.8. The van der Waals surface area contributed by atoms with E-state index in [2.05, 4.69) is 132 Å². The third-order valence-corrected chi connectivity index (χ3v) is 15.8. The zero-order valence-electron chi connectivity index (χ0n) is 47.5. The molecule has 0 spiro atoms. The van der Waals surface area contributed by atoms with Crippen LogP contribution < -0.4 is 0 Å². The van der Waals surface area contributed by atoms with Gasteiger partial charge < -0.3 is 15.3 Å². The normalized spacial score (nSPS) is 10.9. The van der Waals surface area contributed by atoms with Gasteiger partial charge in [0.05, 0.1) is 0 Å². The molecule has 0 aromatic heterocycles. The number of benzene rings is 4. The molecule has 0 saturated heterocycles. The summed E-state index contributed by atoms with van der Waals surface area (Å²) >= 11 is 23.3. The molecule has 74 heavy (non-hydrogen) atoms. The largest absolute Gasteiger partial charge is 0.396 e. The summed E-state index contributed by atoms with van der Waals surface area (Å²) in [5.41, 5.74) is 12.7. The van der Waals surface area contributed by atoms with E-state index in [4.69, 9.17) is 38.5 Å². The van der Waals surface area contributed by atoms with E-state index in [1.165, 1.54) is 164 Å². The fraction of sp³-hybridized carbons (Fsp3) is 0.636. The number of aliphatic hydroxyl groups excluding tert-OH is 3. The second-order valence-electron chi connectivity index (χ2n) is 20.5. The molecule has 0 amide bonds. The van der Waals surface area contributed by atoms with E-state index in [0.29, 0.717) is 0 Å². The molecule has 0 bridgehead atoms. The molecule has 0 saturated carbocycles. The van der Waals surface area contributed by atoms with Crippen LogP contribution in [0.5, 0.6) is 0 Å². The van der Waals surface area contributed by atoms with Crippen molar-refractivity contribution < 1.29 is 15.3 Å². The highest BCUT2D eigenvalue weighted by atomic mass is 79.9. The van der Waals surface area contributed by atoms with Crippen molar-refractivity contribution in [3.05, 3.63) is 134 Å². The highest BCUT2D eigenvalue weighted by Gasteiger charge is 2.12. The lowest BCUT2D eigenvalue weighted by molar-refractivity contribution is 0.284. The molecule has 3 N–H and O–H groups in total. The van der Waals surface area contributed by atoms with Gasteiger partial charge in [-0.3, -0.25) is 0 Å². The minimum Gasteiger partial charge on any atom is -0.396 e. The summed E-state index contributed by atoms with van der Waals surface area (Å²) in [6.45, 7) is 14.3. The number of hydrogen-bond acceptors (Lipinski definition) is 3. The Morgan fingerprint density at radius 1 is 0.270 bits per heavy atom. The molecular formula is C66H103Br3Cl2O3. The van der Waals surface area contributed by atoms with Crippen LogP contribution in [0.1, 0.15) is 246 Å². The van der Waals surface area contributed by atoms with Crippen LogP contribution in [-0.2, 0) is 57.8 Å². The lowest BCUT2D eigenvalue weighted by atomic mass is 9.95. The zero-order valence-corrected chi connectivity index (χ0v) is 53.7. The van der Waals surface area contributed by atoms with Crippen LogP contribution in [0.2, 0.25) is 10.0 Å². The van der Waals surface area contributed by atoms with Gasteiger partial charge in [0.2, 0.25) is 0 Å². The predicted molar refractivity (Wildman–Crippen MR) is 338 cm³/mol. The van der Waals surface area contributed by atoms with E-state index in [0.717, 1.165) is 105 Å². The highest BCUT2D eigenvalue weighted by Crippen LogP contribution is 2.30. The van der Waals surface area contributed by atoms with Crippen molar-refractivity contribution in [2.75, 3.05) is 19.8 Å². The van der Waals surface area contributed by atoms with E-state index in [1.54, 1.807) is 16.7 Å². The van der Waals surface area contributed by atoms with Gasteiger partial charge in [0.1, 0.15) is 0 Å². The Kier molecular flexibility index (Phi) is 45.7. The van der Waals surface area contributed by atoms with Gasteiger partial charge in [0.25, 0.3) is 0 Å². The Morgan fingerprint density at radius 3 is 0.676 bits per heavy atom. The molecule has 4 aromatic rings. The topological polar surface area (TPSA) is 60.7 Å². The predicted octanol–water partition coefficient (Wildman–Crippen LogP) is 21.7. The molecule has 8 heteroatoms. The summed E-state index contributed by atoms with van der Waals surface area (Å²) in [6.07, 6.45) is 39.1. The minimum absolute atomic E-state index is 0.219. The van der Waals surface area contributed by atoms with Gasteiger partial charge in [-0.05, 0) is 203 Å². The molecular weight excluding hydrogens is 1150 g/mol. The number of halogens is 5. The van der Waals surface area contributed by atoms with Gasteiger partial charge in [0, 0.05) is 43.3 Å². The maximum atomic E-state index is 8.93. The van der Waals surface area contributed by atoms with Crippen LogP contribution >= 0.6 is 71.0 Å². The molecule has 0 aliphatic rings. The smallest absolute Gasteiger partial charge is 0.0470 e. The molecule has 0 aliphatic heterocycles. The monoisotopic (exact) mass is 1250 g/mol. The third-order valence-electron chi connectivity index (χ3n) is 13.5. The Labute approximate surface area is 490 Å². The maximum Gasteiger partial charge on any atom is 0.0470 e. The quantitative estimate of drug-likeness (QED) is 0.0398. The van der Waals surface area contributed by atoms with E-state index >= 15 is 0 Å². The Bertz CT molecular complexity index is 1730. The SMILES string of the molecule is Brc1cc(Br)cc(Br)c1.CCCCCc1cc(CCCCC)c(Cl)c(CCCCC)c1.CCCCCc1cc(CCCCC)cc(CCCCC)c1.OCCCCc1cc(CCCCO)c(Cl)c(CCCCO)c1. The summed E-state index contributed by atoms with van der Waals surface area (Å²) in [6, 6.07) is 22.5. The number of aliphatic hydroxyl groups is 3. The van der Waals surface area contributed by atoms with E-state index < -0.39 is 0 Å². The summed E-state index contributed by atoms with van der Waals surface area (Å²) in [4.78, 5) is 0. The molecule has 0 atom stereocenters. The summed E-state index contributed by atoms with van der Waals surface area (Å²) in [5.74, 6) is 0. The standard InChI is InChI=1S/C21H35Cl.C21H36.C18H29ClO3.C6H3Br3/c1-4-7-10-13-18-16-19(14-11-8-5-2)21(22)20(17-18)15-12-9-6-3;1-4-7-10-13-19-16-20(14-11-8-5-2)18-21(17-19)15-12-9-6-3;19-18-16(8-2-5-11-21)13-15(7-1-4-10-20)14-17(18)9-3-6-12-22;7-4-1-5(8)3-6(9)2-4/h16-17H,4-15H2,1-3H3;16-18H,4-15H2,1-3H3;13-14,20-22H,1-12H2;1-3H. The van der Waals surface area contributed by atoms with Gasteiger partial charge in [-0.1, -0.05) is 232 Å². The van der Waals surface area contributed by atoms with Crippen molar-refractivity contribution in [1.29, 1.82) is 0 Å². The fourth-order valence-electron chi connectivity index (χ4n) is 9.20. The molecule has 4 rings (SSSR count).